The summed E-state index contributed by atoms with van der Waals surface area (Å²) in [4.78, 5) is 12.4. The number of nitrogens with two attached hydrogens (primary N) is 1. The Morgan fingerprint density at radius 1 is 1.26 bits per heavy atom. The van der Waals surface area contributed by atoms with Gasteiger partial charge in [0.05, 0.1) is 16.3 Å². The third-order valence-electron chi connectivity index (χ3n) is 2.80. The Hall–Kier alpha value is -1.17. The monoisotopic (exact) mass is 298 g/mol. The van der Waals surface area contributed by atoms with Crippen molar-refractivity contribution in [3.63, 3.8) is 0 Å². The van der Waals surface area contributed by atoms with E-state index < -0.39 is 0 Å². The first-order chi connectivity index (χ1) is 8.78. The van der Waals surface area contributed by atoms with E-state index in [9.17, 15) is 0 Å². The minimum atomic E-state index is 0. The van der Waals surface area contributed by atoms with Gasteiger partial charge < -0.3 is 10.6 Å². The van der Waals surface area contributed by atoms with Crippen LogP contribution in [-0.4, -0.2) is 23.1 Å². The first-order valence-electron chi connectivity index (χ1n) is 6.15. The quantitative estimate of drug-likeness (QED) is 0.922. The van der Waals surface area contributed by atoms with Crippen molar-refractivity contribution in [2.75, 3.05) is 18.0 Å². The second-order valence-electron chi connectivity index (χ2n) is 3.90. The molecule has 104 valence electrons. The maximum absolute atomic E-state index is 5.72. The van der Waals surface area contributed by atoms with Gasteiger partial charge in [-0.15, -0.1) is 23.7 Å². The van der Waals surface area contributed by atoms with Crippen LogP contribution in [0.1, 0.15) is 19.5 Å². The topological polar surface area (TPSA) is 55.0 Å². The van der Waals surface area contributed by atoms with Crippen LogP contribution in [0.25, 0.3) is 10.6 Å². The predicted molar refractivity (Wildman–Crippen MR) is 84.0 cm³/mol. The van der Waals surface area contributed by atoms with Crippen LogP contribution in [0.15, 0.2) is 23.6 Å². The first kappa shape index (κ1) is 15.9. The molecule has 2 aromatic rings. The lowest BCUT2D eigenvalue weighted by Crippen LogP contribution is -2.25. The Balaban J connectivity index is 0.00000180. The van der Waals surface area contributed by atoms with Crippen molar-refractivity contribution in [1.29, 1.82) is 0 Å². The van der Waals surface area contributed by atoms with E-state index in [1.54, 1.807) is 11.3 Å². The molecule has 2 N–H and O–H groups in total. The van der Waals surface area contributed by atoms with E-state index in [4.69, 9.17) is 5.73 Å². The van der Waals surface area contributed by atoms with E-state index in [2.05, 4.69) is 40.2 Å². The highest BCUT2D eigenvalue weighted by molar-refractivity contribution is 7.13. The molecule has 19 heavy (non-hydrogen) atoms. The number of aromatic nitrogens is 2. The van der Waals surface area contributed by atoms with E-state index >= 15 is 0 Å². The van der Waals surface area contributed by atoms with Gasteiger partial charge in [0.25, 0.3) is 0 Å². The summed E-state index contributed by atoms with van der Waals surface area (Å²) in [7, 11) is 0. The van der Waals surface area contributed by atoms with E-state index in [1.807, 2.05) is 12.1 Å². The van der Waals surface area contributed by atoms with Gasteiger partial charge >= 0.3 is 0 Å². The van der Waals surface area contributed by atoms with Gasteiger partial charge in [-0.05, 0) is 31.4 Å². The zero-order chi connectivity index (χ0) is 13.0. The van der Waals surface area contributed by atoms with Crippen LogP contribution in [0.2, 0.25) is 0 Å². The van der Waals surface area contributed by atoms with Gasteiger partial charge in [-0.3, -0.25) is 0 Å². The van der Waals surface area contributed by atoms with Crippen molar-refractivity contribution in [2.24, 2.45) is 5.73 Å². The summed E-state index contributed by atoms with van der Waals surface area (Å²) in [6, 6.07) is 6.07. The number of nitrogens with zero attached hydrogens (tertiary/aromatic N) is 3. The summed E-state index contributed by atoms with van der Waals surface area (Å²) in [5, 5.41) is 2.05. The molecule has 0 amide bonds. The highest BCUT2D eigenvalue weighted by Gasteiger charge is 2.10. The normalized spacial score (nSPS) is 10.1. The first-order valence-corrected chi connectivity index (χ1v) is 7.03. The van der Waals surface area contributed by atoms with E-state index in [-0.39, 0.29) is 12.4 Å². The van der Waals surface area contributed by atoms with Gasteiger partial charge in [-0.1, -0.05) is 6.07 Å². The Labute approximate surface area is 124 Å². The zero-order valence-electron chi connectivity index (χ0n) is 11.2. The summed E-state index contributed by atoms with van der Waals surface area (Å²) in [5.74, 6) is 0.770. The second-order valence-corrected chi connectivity index (χ2v) is 4.85. The molecule has 0 spiro atoms. The molecule has 6 heteroatoms. The van der Waals surface area contributed by atoms with Crippen LogP contribution >= 0.6 is 23.7 Å². The molecule has 4 nitrogen and oxygen atoms in total. The molecule has 2 rings (SSSR count). The summed E-state index contributed by atoms with van der Waals surface area (Å²) >= 11 is 1.68. The van der Waals surface area contributed by atoms with Crippen LogP contribution in [-0.2, 0) is 6.54 Å². The Morgan fingerprint density at radius 2 is 2.00 bits per heavy atom. The number of anilines is 1. The van der Waals surface area contributed by atoms with Crippen molar-refractivity contribution in [1.82, 2.24) is 9.97 Å². The maximum atomic E-state index is 5.72. The molecule has 0 radical (unpaired) electrons. The Kier molecular flexibility index (Phi) is 6.21. The standard InChI is InChI=1S/C13H18N4S.ClH/c1-3-17(4-2)13-15-10(9-14)8-11(16-13)12-6-5-7-18-12;/h5-8H,3-4,9,14H2,1-2H3;1H. The molecule has 0 aromatic carbocycles. The lowest BCUT2D eigenvalue weighted by Gasteiger charge is -2.19. The van der Waals surface area contributed by atoms with Gasteiger partial charge in [-0.2, -0.15) is 0 Å². The average Bonchev–Trinajstić information content (AvgIpc) is 2.94. The van der Waals surface area contributed by atoms with Gasteiger partial charge in [0.1, 0.15) is 0 Å². The fraction of sp³-hybridized carbons (Fsp3) is 0.385. The van der Waals surface area contributed by atoms with Gasteiger partial charge in [-0.25, -0.2) is 9.97 Å². The Bertz CT molecular complexity index is 497. The van der Waals surface area contributed by atoms with E-state index in [1.165, 1.54) is 0 Å². The molecule has 0 saturated carbocycles. The summed E-state index contributed by atoms with van der Waals surface area (Å²) < 4.78 is 0. The average molecular weight is 299 g/mol. The largest absolute Gasteiger partial charge is 0.341 e. The molecular weight excluding hydrogens is 280 g/mol. The van der Waals surface area contributed by atoms with Crippen LogP contribution in [0.5, 0.6) is 0 Å². The molecule has 0 aliphatic carbocycles. The number of halogens is 1. The number of hydrogen-bond donors (Lipinski definition) is 1. The molecule has 0 atom stereocenters. The SMILES string of the molecule is CCN(CC)c1nc(CN)cc(-c2cccs2)n1.Cl. The van der Waals surface area contributed by atoms with Gasteiger partial charge in [0.2, 0.25) is 5.95 Å². The molecule has 0 aliphatic rings. The third-order valence-corrected chi connectivity index (χ3v) is 3.69. The van der Waals surface area contributed by atoms with Crippen LogP contribution in [0.3, 0.4) is 0 Å². The van der Waals surface area contributed by atoms with E-state index in [0.717, 1.165) is 35.3 Å². The second kappa shape index (κ2) is 7.43. The predicted octanol–water partition coefficient (Wildman–Crippen LogP) is 2.93. The minimum Gasteiger partial charge on any atom is -0.341 e. The fourth-order valence-corrected chi connectivity index (χ4v) is 2.47. The van der Waals surface area contributed by atoms with Gasteiger partial charge in [0, 0.05) is 19.6 Å². The summed E-state index contributed by atoms with van der Waals surface area (Å²) in [5.41, 5.74) is 7.56. The van der Waals surface area contributed by atoms with E-state index in [0.29, 0.717) is 6.54 Å². The van der Waals surface area contributed by atoms with Crippen molar-refractivity contribution < 1.29 is 0 Å². The molecule has 2 aromatic heterocycles. The van der Waals surface area contributed by atoms with Crippen LogP contribution < -0.4 is 10.6 Å². The van der Waals surface area contributed by atoms with Crippen LogP contribution in [0, 0.1) is 0 Å². The van der Waals surface area contributed by atoms with Crippen LogP contribution in [0.4, 0.5) is 5.95 Å². The molecule has 0 saturated heterocycles. The summed E-state index contributed by atoms with van der Waals surface area (Å²) in [6.07, 6.45) is 0. The highest BCUT2D eigenvalue weighted by Crippen LogP contribution is 2.25. The van der Waals surface area contributed by atoms with Crippen molar-refractivity contribution in [3.05, 3.63) is 29.3 Å². The van der Waals surface area contributed by atoms with Crippen molar-refractivity contribution >= 4 is 29.7 Å². The number of thiophene rings is 1. The number of hydrogen-bond acceptors (Lipinski definition) is 5. The minimum absolute atomic E-state index is 0. The third kappa shape index (κ3) is 3.65. The molecule has 0 bridgehead atoms. The van der Waals surface area contributed by atoms with Crippen molar-refractivity contribution in [2.45, 2.75) is 20.4 Å². The fourth-order valence-electron chi connectivity index (χ4n) is 1.79. The molecule has 2 heterocycles. The zero-order valence-corrected chi connectivity index (χ0v) is 12.8. The Morgan fingerprint density at radius 3 is 2.53 bits per heavy atom. The smallest absolute Gasteiger partial charge is 0.226 e. The lowest BCUT2D eigenvalue weighted by atomic mass is 10.3. The molecule has 0 unspecified atom stereocenters. The molecule has 0 fully saturated rings. The number of rotatable bonds is 5. The lowest BCUT2D eigenvalue weighted by molar-refractivity contribution is 0.809. The molecular formula is C13H19ClN4S. The highest BCUT2D eigenvalue weighted by atomic mass is 35.5. The van der Waals surface area contributed by atoms with Crippen molar-refractivity contribution in [3.8, 4) is 10.6 Å². The maximum Gasteiger partial charge on any atom is 0.226 e. The summed E-state index contributed by atoms with van der Waals surface area (Å²) in [6.45, 7) is 6.44. The molecule has 0 aliphatic heterocycles. The van der Waals surface area contributed by atoms with Gasteiger partial charge in [0.15, 0.2) is 0 Å².